The normalized spacial score (nSPS) is 21.3. The summed E-state index contributed by atoms with van der Waals surface area (Å²) in [5.41, 5.74) is 6.82. The number of anilines is 1. The summed E-state index contributed by atoms with van der Waals surface area (Å²) in [7, 11) is 3.23. The molecule has 2 rings (SSSR count). The fraction of sp³-hybridized carbons (Fsp3) is 0.588. The first-order chi connectivity index (χ1) is 10.6. The predicted octanol–water partition coefficient (Wildman–Crippen LogP) is 3.87. The van der Waals surface area contributed by atoms with Gasteiger partial charge in [-0.05, 0) is 36.8 Å². The second-order valence-electron chi connectivity index (χ2n) is 6.05. The van der Waals surface area contributed by atoms with Gasteiger partial charge in [0.05, 0.1) is 14.2 Å². The molecule has 1 fully saturated rings. The van der Waals surface area contributed by atoms with Crippen molar-refractivity contribution in [2.45, 2.75) is 32.6 Å². The Morgan fingerprint density at radius 2 is 1.83 bits per heavy atom. The third-order valence-corrected chi connectivity index (χ3v) is 4.31. The number of nitrogens with one attached hydrogen (secondary N) is 1. The zero-order chi connectivity index (χ0) is 15.9. The van der Waals surface area contributed by atoms with E-state index in [1.54, 1.807) is 14.2 Å². The van der Waals surface area contributed by atoms with Crippen LogP contribution in [0.2, 0.25) is 0 Å². The van der Waals surface area contributed by atoms with Gasteiger partial charge in [-0.3, -0.25) is 4.99 Å². The molecule has 0 amide bonds. The van der Waals surface area contributed by atoms with Crippen molar-refractivity contribution in [2.75, 3.05) is 26.1 Å². The largest absolute Gasteiger partial charge is 0.493 e. The Hall–Kier alpha value is -1.18. The number of ether oxygens (including phenoxy) is 2. The SMILES string of the molecule is COc1ccc(NC(N)=NCC2CCC(C)CC2)cc1OC.I. The molecule has 23 heavy (non-hydrogen) atoms. The van der Waals surface area contributed by atoms with Crippen molar-refractivity contribution in [3.8, 4) is 11.5 Å². The van der Waals surface area contributed by atoms with Crippen molar-refractivity contribution in [2.24, 2.45) is 22.6 Å². The van der Waals surface area contributed by atoms with Crippen LogP contribution in [0.1, 0.15) is 32.6 Å². The Morgan fingerprint density at radius 3 is 2.43 bits per heavy atom. The topological polar surface area (TPSA) is 68.9 Å². The minimum absolute atomic E-state index is 0. The number of nitrogens with two attached hydrogens (primary N) is 1. The summed E-state index contributed by atoms with van der Waals surface area (Å²) in [6.45, 7) is 3.13. The van der Waals surface area contributed by atoms with Crippen LogP contribution in [0, 0.1) is 11.8 Å². The summed E-state index contributed by atoms with van der Waals surface area (Å²) in [6.07, 6.45) is 5.13. The van der Waals surface area contributed by atoms with Crippen LogP contribution in [0.4, 0.5) is 5.69 Å². The number of methoxy groups -OCH3 is 2. The van der Waals surface area contributed by atoms with Crippen LogP contribution in [0.15, 0.2) is 23.2 Å². The van der Waals surface area contributed by atoms with Crippen molar-refractivity contribution in [1.82, 2.24) is 0 Å². The summed E-state index contributed by atoms with van der Waals surface area (Å²) in [5.74, 6) is 3.34. The number of nitrogens with zero attached hydrogens (tertiary/aromatic N) is 1. The third-order valence-electron chi connectivity index (χ3n) is 4.31. The standard InChI is InChI=1S/C17H27N3O2.HI/c1-12-4-6-13(7-5-12)11-19-17(18)20-14-8-9-15(21-2)16(10-14)22-3;/h8-10,12-13H,4-7,11H2,1-3H3,(H3,18,19,20);1H. The number of benzene rings is 1. The average Bonchev–Trinajstić information content (AvgIpc) is 2.54. The molecular weight excluding hydrogens is 405 g/mol. The Morgan fingerprint density at radius 1 is 1.17 bits per heavy atom. The summed E-state index contributed by atoms with van der Waals surface area (Å²) < 4.78 is 10.5. The van der Waals surface area contributed by atoms with Crippen LogP contribution in [0.25, 0.3) is 0 Å². The van der Waals surface area contributed by atoms with Crippen LogP contribution in [-0.4, -0.2) is 26.7 Å². The van der Waals surface area contributed by atoms with Crippen LogP contribution in [0.5, 0.6) is 11.5 Å². The van der Waals surface area contributed by atoms with Crippen molar-refractivity contribution in [3.05, 3.63) is 18.2 Å². The van der Waals surface area contributed by atoms with Gasteiger partial charge in [0.25, 0.3) is 0 Å². The Bertz CT molecular complexity index is 515. The zero-order valence-electron chi connectivity index (χ0n) is 14.2. The molecule has 1 aliphatic carbocycles. The van der Waals surface area contributed by atoms with Crippen LogP contribution in [-0.2, 0) is 0 Å². The molecule has 1 saturated carbocycles. The number of halogens is 1. The molecule has 0 heterocycles. The van der Waals surface area contributed by atoms with Crippen molar-refractivity contribution in [1.29, 1.82) is 0 Å². The third kappa shape index (κ3) is 6.08. The summed E-state index contributed by atoms with van der Waals surface area (Å²) >= 11 is 0. The van der Waals surface area contributed by atoms with Gasteiger partial charge in [0.15, 0.2) is 17.5 Å². The minimum Gasteiger partial charge on any atom is -0.493 e. The Labute approximate surface area is 156 Å². The van der Waals surface area contributed by atoms with Crippen molar-refractivity contribution >= 4 is 35.6 Å². The maximum absolute atomic E-state index is 5.98. The van der Waals surface area contributed by atoms with E-state index in [0.29, 0.717) is 23.4 Å². The molecular formula is C17H28IN3O2. The quantitative estimate of drug-likeness (QED) is 0.420. The highest BCUT2D eigenvalue weighted by atomic mass is 127. The first-order valence-corrected chi connectivity index (χ1v) is 7.91. The molecule has 0 saturated heterocycles. The van der Waals surface area contributed by atoms with Gasteiger partial charge in [0.1, 0.15) is 0 Å². The van der Waals surface area contributed by atoms with Gasteiger partial charge < -0.3 is 20.5 Å². The van der Waals surface area contributed by atoms with E-state index in [0.717, 1.165) is 18.2 Å². The fourth-order valence-corrected chi connectivity index (χ4v) is 2.84. The van der Waals surface area contributed by atoms with E-state index >= 15 is 0 Å². The van der Waals surface area contributed by atoms with Crippen molar-refractivity contribution < 1.29 is 9.47 Å². The zero-order valence-corrected chi connectivity index (χ0v) is 16.5. The molecule has 130 valence electrons. The molecule has 0 atom stereocenters. The average molecular weight is 433 g/mol. The second kappa shape index (κ2) is 9.85. The Kier molecular flexibility index (Phi) is 8.51. The van der Waals surface area contributed by atoms with Gasteiger partial charge in [0.2, 0.25) is 0 Å². The monoisotopic (exact) mass is 433 g/mol. The summed E-state index contributed by atoms with van der Waals surface area (Å²) in [5, 5.41) is 3.11. The second-order valence-corrected chi connectivity index (χ2v) is 6.05. The molecule has 0 radical (unpaired) electrons. The summed E-state index contributed by atoms with van der Waals surface area (Å²) in [6, 6.07) is 5.59. The molecule has 1 aromatic rings. The first kappa shape index (κ1) is 19.9. The molecule has 0 spiro atoms. The number of hydrogen-bond acceptors (Lipinski definition) is 3. The van der Waals surface area contributed by atoms with Gasteiger partial charge in [0, 0.05) is 18.3 Å². The van der Waals surface area contributed by atoms with Crippen LogP contribution in [0.3, 0.4) is 0 Å². The number of rotatable bonds is 5. The van der Waals surface area contributed by atoms with Crippen LogP contribution >= 0.6 is 24.0 Å². The van der Waals surface area contributed by atoms with E-state index in [9.17, 15) is 0 Å². The summed E-state index contributed by atoms with van der Waals surface area (Å²) in [4.78, 5) is 4.48. The minimum atomic E-state index is 0. The Balaban J connectivity index is 0.00000264. The molecule has 3 N–H and O–H groups in total. The van der Waals surface area contributed by atoms with Crippen molar-refractivity contribution in [3.63, 3.8) is 0 Å². The molecule has 1 aliphatic rings. The molecule has 0 aromatic heterocycles. The smallest absolute Gasteiger partial charge is 0.193 e. The van der Waals surface area contributed by atoms with Gasteiger partial charge >= 0.3 is 0 Å². The first-order valence-electron chi connectivity index (χ1n) is 7.91. The lowest BCUT2D eigenvalue weighted by Gasteiger charge is -2.24. The van der Waals surface area contributed by atoms with E-state index < -0.39 is 0 Å². The molecule has 6 heteroatoms. The maximum Gasteiger partial charge on any atom is 0.193 e. The van der Waals surface area contributed by atoms with E-state index in [-0.39, 0.29) is 24.0 Å². The lowest BCUT2D eigenvalue weighted by Crippen LogP contribution is -2.24. The molecule has 0 bridgehead atoms. The van der Waals surface area contributed by atoms with E-state index in [2.05, 4.69) is 17.2 Å². The number of guanidine groups is 1. The lowest BCUT2D eigenvalue weighted by atomic mass is 9.83. The predicted molar refractivity (Wildman–Crippen MR) is 106 cm³/mol. The lowest BCUT2D eigenvalue weighted by molar-refractivity contribution is 0.296. The fourth-order valence-electron chi connectivity index (χ4n) is 2.84. The number of aliphatic imine (C=N–C) groups is 1. The van der Waals surface area contributed by atoms with Gasteiger partial charge in [-0.1, -0.05) is 19.8 Å². The molecule has 0 unspecified atom stereocenters. The van der Waals surface area contributed by atoms with Gasteiger partial charge in [-0.15, -0.1) is 24.0 Å². The van der Waals surface area contributed by atoms with E-state index in [1.165, 1.54) is 25.7 Å². The van der Waals surface area contributed by atoms with E-state index in [1.807, 2.05) is 18.2 Å². The highest BCUT2D eigenvalue weighted by Gasteiger charge is 2.17. The number of hydrogen-bond donors (Lipinski definition) is 2. The molecule has 0 aliphatic heterocycles. The molecule has 5 nitrogen and oxygen atoms in total. The highest BCUT2D eigenvalue weighted by molar-refractivity contribution is 14.0. The van der Waals surface area contributed by atoms with E-state index in [4.69, 9.17) is 15.2 Å². The van der Waals surface area contributed by atoms with Gasteiger partial charge in [-0.25, -0.2) is 0 Å². The highest BCUT2D eigenvalue weighted by Crippen LogP contribution is 2.30. The van der Waals surface area contributed by atoms with Crippen LogP contribution < -0.4 is 20.5 Å². The maximum atomic E-state index is 5.98. The molecule has 1 aromatic carbocycles. The van der Waals surface area contributed by atoms with Gasteiger partial charge in [-0.2, -0.15) is 0 Å².